The fraction of sp³-hybridized carbons (Fsp3) is 0.273. The molecule has 2 heterocycles. The Kier molecular flexibility index (Phi) is 4.94. The van der Waals surface area contributed by atoms with Crippen LogP contribution in [0.1, 0.15) is 29.3 Å². The predicted octanol–water partition coefficient (Wildman–Crippen LogP) is 4.77. The molecule has 0 fully saturated rings. The first-order valence-electron chi connectivity index (χ1n) is 9.12. The van der Waals surface area contributed by atoms with Crippen LogP contribution in [-0.2, 0) is 13.1 Å². The van der Waals surface area contributed by atoms with Crippen molar-refractivity contribution in [2.45, 2.75) is 25.6 Å². The summed E-state index contributed by atoms with van der Waals surface area (Å²) in [5.41, 5.74) is 2.82. The summed E-state index contributed by atoms with van der Waals surface area (Å²) in [5.74, 6) is -0.241. The van der Waals surface area contributed by atoms with Crippen LogP contribution in [0.3, 0.4) is 0 Å². The minimum Gasteiger partial charge on any atom is -0.497 e. The van der Waals surface area contributed by atoms with Crippen molar-refractivity contribution in [3.8, 4) is 5.75 Å². The third-order valence-electron chi connectivity index (χ3n) is 5.17. The first kappa shape index (κ1) is 17.7. The van der Waals surface area contributed by atoms with Crippen LogP contribution in [-0.4, -0.2) is 23.1 Å². The minimum absolute atomic E-state index is 0.00198. The standard InChI is InChI=1S/C22H22F2N2O/c1-27-19-9-6-16(7-10-19)22-21-4-2-11-25(21)12-3-13-26(22)15-17-5-8-18(23)14-20(17)24/h2,4-11,14,22H,3,12-13,15H2,1H3/t22-/m1/s1. The Hall–Kier alpha value is -2.66. The molecule has 4 rings (SSSR count). The third kappa shape index (κ3) is 3.60. The molecule has 1 aromatic heterocycles. The van der Waals surface area contributed by atoms with E-state index < -0.39 is 11.6 Å². The Morgan fingerprint density at radius 1 is 1.04 bits per heavy atom. The van der Waals surface area contributed by atoms with Gasteiger partial charge >= 0.3 is 0 Å². The normalized spacial score (nSPS) is 17.4. The molecule has 3 aromatic rings. The number of fused-ring (bicyclic) bond motifs is 1. The van der Waals surface area contributed by atoms with Gasteiger partial charge in [-0.05, 0) is 42.3 Å². The zero-order valence-corrected chi connectivity index (χ0v) is 15.2. The zero-order chi connectivity index (χ0) is 18.8. The molecule has 0 unspecified atom stereocenters. The summed E-state index contributed by atoms with van der Waals surface area (Å²) in [4.78, 5) is 2.26. The lowest BCUT2D eigenvalue weighted by Gasteiger charge is -2.31. The second kappa shape index (κ2) is 7.53. The highest BCUT2D eigenvalue weighted by Gasteiger charge is 2.28. The highest BCUT2D eigenvalue weighted by Crippen LogP contribution is 2.34. The predicted molar refractivity (Wildman–Crippen MR) is 101 cm³/mol. The molecule has 0 amide bonds. The van der Waals surface area contributed by atoms with E-state index in [1.54, 1.807) is 13.2 Å². The van der Waals surface area contributed by atoms with Crippen molar-refractivity contribution in [3.05, 3.63) is 89.2 Å². The van der Waals surface area contributed by atoms with Crippen LogP contribution < -0.4 is 4.74 Å². The number of ether oxygens (including phenoxy) is 1. The molecule has 0 spiro atoms. The summed E-state index contributed by atoms with van der Waals surface area (Å²) in [6.07, 6.45) is 3.06. The highest BCUT2D eigenvalue weighted by molar-refractivity contribution is 5.34. The number of aryl methyl sites for hydroxylation is 1. The zero-order valence-electron chi connectivity index (χ0n) is 15.2. The molecule has 3 nitrogen and oxygen atoms in total. The summed E-state index contributed by atoms with van der Waals surface area (Å²) in [6, 6.07) is 16.0. The maximum Gasteiger partial charge on any atom is 0.130 e. The Morgan fingerprint density at radius 3 is 2.59 bits per heavy atom. The molecule has 140 valence electrons. The first-order chi connectivity index (χ1) is 13.2. The lowest BCUT2D eigenvalue weighted by atomic mass is 10.0. The van der Waals surface area contributed by atoms with Crippen molar-refractivity contribution in [3.63, 3.8) is 0 Å². The average molecular weight is 368 g/mol. The molecule has 5 heteroatoms. The van der Waals surface area contributed by atoms with Gasteiger partial charge in [-0.25, -0.2) is 8.78 Å². The molecule has 1 aliphatic heterocycles. The van der Waals surface area contributed by atoms with Gasteiger partial charge in [0.05, 0.1) is 13.2 Å². The van der Waals surface area contributed by atoms with Crippen LogP contribution in [0.15, 0.2) is 60.8 Å². The van der Waals surface area contributed by atoms with E-state index in [9.17, 15) is 8.78 Å². The van der Waals surface area contributed by atoms with Gasteiger partial charge in [0, 0.05) is 43.2 Å². The van der Waals surface area contributed by atoms with Gasteiger partial charge < -0.3 is 9.30 Å². The van der Waals surface area contributed by atoms with E-state index in [4.69, 9.17) is 4.74 Å². The van der Waals surface area contributed by atoms with E-state index >= 15 is 0 Å². The molecule has 0 radical (unpaired) electrons. The summed E-state index contributed by atoms with van der Waals surface area (Å²) in [7, 11) is 1.65. The van der Waals surface area contributed by atoms with Gasteiger partial charge in [-0.15, -0.1) is 0 Å². The lowest BCUT2D eigenvalue weighted by molar-refractivity contribution is 0.217. The molecule has 1 aliphatic rings. The lowest BCUT2D eigenvalue weighted by Crippen LogP contribution is -2.29. The quantitative estimate of drug-likeness (QED) is 0.660. The van der Waals surface area contributed by atoms with Crippen molar-refractivity contribution in [1.82, 2.24) is 9.47 Å². The van der Waals surface area contributed by atoms with Crippen molar-refractivity contribution < 1.29 is 13.5 Å². The Bertz CT molecular complexity index is 920. The maximum atomic E-state index is 14.3. The number of hydrogen-bond acceptors (Lipinski definition) is 2. The minimum atomic E-state index is -0.548. The number of halogens is 2. The van der Waals surface area contributed by atoms with Crippen LogP contribution in [0.5, 0.6) is 5.75 Å². The van der Waals surface area contributed by atoms with Gasteiger partial charge in [0.15, 0.2) is 0 Å². The summed E-state index contributed by atoms with van der Waals surface area (Å²) < 4.78 is 35.1. The second-order valence-corrected chi connectivity index (χ2v) is 6.86. The number of benzene rings is 2. The molecule has 0 saturated carbocycles. The summed E-state index contributed by atoms with van der Waals surface area (Å²) >= 11 is 0. The Labute approximate surface area is 157 Å². The Balaban J connectivity index is 1.73. The van der Waals surface area contributed by atoms with Crippen molar-refractivity contribution in [2.75, 3.05) is 13.7 Å². The van der Waals surface area contributed by atoms with E-state index in [1.807, 2.05) is 18.2 Å². The molecule has 0 N–H and O–H groups in total. The largest absolute Gasteiger partial charge is 0.497 e. The molecule has 1 atom stereocenters. The molecule has 2 aromatic carbocycles. The average Bonchev–Trinajstić information content (AvgIpc) is 3.05. The highest BCUT2D eigenvalue weighted by atomic mass is 19.1. The van der Waals surface area contributed by atoms with E-state index in [-0.39, 0.29) is 6.04 Å². The third-order valence-corrected chi connectivity index (χ3v) is 5.17. The van der Waals surface area contributed by atoms with E-state index in [0.29, 0.717) is 12.1 Å². The van der Waals surface area contributed by atoms with Crippen LogP contribution >= 0.6 is 0 Å². The van der Waals surface area contributed by atoms with Gasteiger partial charge in [-0.3, -0.25) is 4.90 Å². The summed E-state index contributed by atoms with van der Waals surface area (Å²) in [5, 5.41) is 0. The second-order valence-electron chi connectivity index (χ2n) is 6.86. The number of rotatable bonds is 4. The van der Waals surface area contributed by atoms with Crippen LogP contribution in [0.25, 0.3) is 0 Å². The molecule has 0 saturated heterocycles. The van der Waals surface area contributed by atoms with Crippen molar-refractivity contribution in [2.24, 2.45) is 0 Å². The van der Waals surface area contributed by atoms with E-state index in [2.05, 4.69) is 33.9 Å². The smallest absolute Gasteiger partial charge is 0.130 e. The fourth-order valence-electron chi connectivity index (χ4n) is 3.85. The monoisotopic (exact) mass is 368 g/mol. The van der Waals surface area contributed by atoms with Gasteiger partial charge in [0.2, 0.25) is 0 Å². The van der Waals surface area contributed by atoms with E-state index in [0.717, 1.165) is 36.9 Å². The number of nitrogens with zero attached hydrogens (tertiary/aromatic N) is 2. The van der Waals surface area contributed by atoms with Gasteiger partial charge in [0.25, 0.3) is 0 Å². The first-order valence-corrected chi connectivity index (χ1v) is 9.12. The number of aromatic nitrogens is 1. The van der Waals surface area contributed by atoms with E-state index in [1.165, 1.54) is 11.8 Å². The molecule has 27 heavy (non-hydrogen) atoms. The van der Waals surface area contributed by atoms with Gasteiger partial charge in [-0.1, -0.05) is 18.2 Å². The molecular weight excluding hydrogens is 346 g/mol. The molecule has 0 bridgehead atoms. The van der Waals surface area contributed by atoms with Crippen LogP contribution in [0, 0.1) is 11.6 Å². The maximum absolute atomic E-state index is 14.3. The Morgan fingerprint density at radius 2 is 1.85 bits per heavy atom. The van der Waals surface area contributed by atoms with Crippen LogP contribution in [0.2, 0.25) is 0 Å². The molecular formula is C22H22F2N2O. The fourth-order valence-corrected chi connectivity index (χ4v) is 3.85. The van der Waals surface area contributed by atoms with Crippen molar-refractivity contribution >= 4 is 0 Å². The van der Waals surface area contributed by atoms with Gasteiger partial charge in [0.1, 0.15) is 17.4 Å². The van der Waals surface area contributed by atoms with Crippen LogP contribution in [0.4, 0.5) is 8.78 Å². The summed E-state index contributed by atoms with van der Waals surface area (Å²) in [6.45, 7) is 2.18. The molecule has 0 aliphatic carbocycles. The topological polar surface area (TPSA) is 17.4 Å². The number of methoxy groups -OCH3 is 1. The van der Waals surface area contributed by atoms with Gasteiger partial charge in [-0.2, -0.15) is 0 Å². The SMILES string of the molecule is COc1ccc([C@@H]2c3cccn3CCCN2Cc2ccc(F)cc2F)cc1. The number of hydrogen-bond donors (Lipinski definition) is 0. The van der Waals surface area contributed by atoms with Crippen molar-refractivity contribution in [1.29, 1.82) is 0 Å².